The van der Waals surface area contributed by atoms with Gasteiger partial charge in [0.2, 0.25) is 0 Å². The van der Waals surface area contributed by atoms with Crippen LogP contribution < -0.4 is 15.8 Å². The van der Waals surface area contributed by atoms with Crippen molar-refractivity contribution in [2.45, 2.75) is 26.1 Å². The van der Waals surface area contributed by atoms with E-state index in [1.54, 1.807) is 0 Å². The molecular weight excluding hydrogens is 492 g/mol. The predicted octanol–water partition coefficient (Wildman–Crippen LogP) is 4.12. The molecule has 3 aliphatic carbocycles. The third-order valence-corrected chi connectivity index (χ3v) is 11.1. The van der Waals surface area contributed by atoms with Crippen molar-refractivity contribution in [3.8, 4) is 0 Å². The number of aromatic nitrogens is 2. The number of fused-ring (bicyclic) bond motifs is 3. The SMILES string of the molecule is Cc1ccc2c3c1cccc3/c(=C\C1C(O)C3C(/C=c4\c5cccc6c(C)ccc(c65)n4C)C3C3C([O-])C13)n2C. The Balaban J connectivity index is 1.17. The standard InChI is InChI=1S/C36H33N2O2/c1-17-11-13-25-29-19(17)7-5-9-21(29)27(37(25)3)15-23-31-32(23)35(39)24(33-34(31)36(33)40)16-28-22-10-6-8-20-18(2)12-14-26(30(20)22)38(28)4/h5-16,23-24,31-36,39H,1-4H3/q-1/b27-15+,28-16+. The number of aliphatic hydroxyl groups excluding tert-OH is 1. The van der Waals surface area contributed by atoms with Crippen LogP contribution in [-0.2, 0) is 14.1 Å². The van der Waals surface area contributed by atoms with E-state index in [-0.39, 0.29) is 29.6 Å². The van der Waals surface area contributed by atoms with Crippen molar-refractivity contribution in [1.29, 1.82) is 0 Å². The van der Waals surface area contributed by atoms with Crippen molar-refractivity contribution >= 4 is 55.5 Å². The molecule has 6 aromatic rings. The quantitative estimate of drug-likeness (QED) is 0.370. The van der Waals surface area contributed by atoms with Gasteiger partial charge in [-0.1, -0.05) is 60.7 Å². The molecule has 0 aliphatic heterocycles. The lowest BCUT2D eigenvalue weighted by Crippen LogP contribution is -2.31. The molecule has 0 spiro atoms. The molecule has 3 saturated carbocycles. The topological polar surface area (TPSA) is 53.1 Å². The average molecular weight is 526 g/mol. The zero-order chi connectivity index (χ0) is 27.2. The fourth-order valence-electron chi connectivity index (χ4n) is 8.99. The van der Waals surface area contributed by atoms with Crippen molar-refractivity contribution < 1.29 is 10.2 Å². The minimum Gasteiger partial charge on any atom is -0.852 e. The summed E-state index contributed by atoms with van der Waals surface area (Å²) in [5.74, 6) is 0.778. The number of rotatable bonds is 2. The van der Waals surface area contributed by atoms with Gasteiger partial charge in [-0.25, -0.2) is 0 Å². The van der Waals surface area contributed by atoms with E-state index in [1.165, 1.54) is 59.8 Å². The minimum atomic E-state index is -0.577. The molecule has 0 radical (unpaired) electrons. The molecule has 1 N–H and O–H groups in total. The number of aryl methyl sites for hydroxylation is 4. The molecule has 8 unspecified atom stereocenters. The lowest BCUT2D eigenvalue weighted by molar-refractivity contribution is -0.394. The first kappa shape index (κ1) is 23.1. The average Bonchev–Trinajstić information content (AvgIpc) is 3.79. The molecular formula is C36H33N2O2-. The van der Waals surface area contributed by atoms with Gasteiger partial charge in [0.1, 0.15) is 0 Å². The maximum Gasteiger partial charge on any atom is 0.0642 e. The molecule has 4 nitrogen and oxygen atoms in total. The van der Waals surface area contributed by atoms with Crippen LogP contribution in [0.2, 0.25) is 0 Å². The molecule has 0 amide bonds. The summed E-state index contributed by atoms with van der Waals surface area (Å²) in [6.07, 6.45) is 3.57. The van der Waals surface area contributed by atoms with Gasteiger partial charge >= 0.3 is 0 Å². The number of aliphatic hydroxyl groups is 1. The third-order valence-electron chi connectivity index (χ3n) is 11.1. The smallest absolute Gasteiger partial charge is 0.0642 e. The van der Waals surface area contributed by atoms with Gasteiger partial charge in [0.15, 0.2) is 0 Å². The molecule has 2 aromatic heterocycles. The van der Waals surface area contributed by atoms with E-state index in [4.69, 9.17) is 0 Å². The van der Waals surface area contributed by atoms with E-state index < -0.39 is 12.2 Å². The van der Waals surface area contributed by atoms with Gasteiger partial charge in [0, 0.05) is 63.3 Å². The summed E-state index contributed by atoms with van der Waals surface area (Å²) < 4.78 is 4.56. The predicted molar refractivity (Wildman–Crippen MR) is 160 cm³/mol. The van der Waals surface area contributed by atoms with Gasteiger partial charge in [-0.15, -0.1) is 6.10 Å². The van der Waals surface area contributed by atoms with E-state index in [0.29, 0.717) is 5.92 Å². The zero-order valence-corrected chi connectivity index (χ0v) is 23.3. The molecule has 4 heteroatoms. The second-order valence-electron chi connectivity index (χ2n) is 12.9. The molecule has 3 aliphatic rings. The summed E-state index contributed by atoms with van der Waals surface area (Å²) >= 11 is 0. The lowest BCUT2D eigenvalue weighted by Gasteiger charge is -2.25. The Morgan fingerprint density at radius 2 is 1.12 bits per heavy atom. The van der Waals surface area contributed by atoms with Crippen LogP contribution >= 0.6 is 0 Å². The number of hydrogen-bond acceptors (Lipinski definition) is 2. The highest BCUT2D eigenvalue weighted by molar-refractivity contribution is 6.12. The van der Waals surface area contributed by atoms with Gasteiger partial charge in [0.05, 0.1) is 6.10 Å². The molecule has 9 rings (SSSR count). The van der Waals surface area contributed by atoms with Gasteiger partial charge in [-0.2, -0.15) is 0 Å². The van der Waals surface area contributed by atoms with Crippen LogP contribution in [0.4, 0.5) is 0 Å². The Hall–Kier alpha value is -3.60. The van der Waals surface area contributed by atoms with Crippen LogP contribution in [0.1, 0.15) is 11.1 Å². The Morgan fingerprint density at radius 1 is 0.625 bits per heavy atom. The summed E-state index contributed by atoms with van der Waals surface area (Å²) in [5.41, 5.74) is 5.02. The number of nitrogens with zero attached hydrogens (tertiary/aromatic N) is 2. The molecule has 200 valence electrons. The summed E-state index contributed by atoms with van der Waals surface area (Å²) in [4.78, 5) is 0. The number of benzene rings is 4. The summed E-state index contributed by atoms with van der Waals surface area (Å²) in [5, 5.41) is 35.2. The van der Waals surface area contributed by atoms with Crippen molar-refractivity contribution in [1.82, 2.24) is 9.13 Å². The minimum absolute atomic E-state index is 0.0230. The van der Waals surface area contributed by atoms with E-state index in [1.807, 2.05) is 0 Å². The maximum absolute atomic E-state index is 13.3. The van der Waals surface area contributed by atoms with Crippen LogP contribution in [-0.4, -0.2) is 26.4 Å². The summed E-state index contributed by atoms with van der Waals surface area (Å²) in [6.45, 7) is 4.34. The van der Waals surface area contributed by atoms with E-state index in [0.717, 1.165) is 5.35 Å². The van der Waals surface area contributed by atoms with Crippen LogP contribution in [0.15, 0.2) is 60.7 Å². The molecule has 0 bridgehead atoms. The zero-order valence-electron chi connectivity index (χ0n) is 23.3. The van der Waals surface area contributed by atoms with Crippen molar-refractivity contribution in [2.24, 2.45) is 49.6 Å². The number of hydrogen-bond donors (Lipinski definition) is 1. The van der Waals surface area contributed by atoms with Crippen LogP contribution in [0.3, 0.4) is 0 Å². The van der Waals surface area contributed by atoms with Crippen molar-refractivity contribution in [2.75, 3.05) is 0 Å². The molecule has 3 fully saturated rings. The molecule has 0 saturated heterocycles. The first-order chi connectivity index (χ1) is 19.4. The van der Waals surface area contributed by atoms with Gasteiger partial charge < -0.3 is 19.3 Å². The van der Waals surface area contributed by atoms with Crippen LogP contribution in [0, 0.1) is 49.4 Å². The van der Waals surface area contributed by atoms with E-state index in [2.05, 4.69) is 110 Å². The fraction of sp³-hybridized carbons (Fsp3) is 0.333. The highest BCUT2D eigenvalue weighted by Gasteiger charge is 2.70. The molecule has 40 heavy (non-hydrogen) atoms. The normalized spacial score (nSPS) is 32.0. The molecule has 4 aromatic carbocycles. The molecule has 2 heterocycles. The Bertz CT molecular complexity index is 2150. The van der Waals surface area contributed by atoms with E-state index >= 15 is 0 Å². The highest BCUT2D eigenvalue weighted by Crippen LogP contribution is 2.70. The second kappa shape index (κ2) is 7.57. The molecule has 8 atom stereocenters. The largest absolute Gasteiger partial charge is 0.852 e. The summed E-state index contributed by atoms with van der Waals surface area (Å²) in [6, 6.07) is 21.9. The van der Waals surface area contributed by atoms with E-state index in [9.17, 15) is 10.2 Å². The first-order valence-electron chi connectivity index (χ1n) is 14.7. The Kier molecular flexibility index (Phi) is 4.38. The van der Waals surface area contributed by atoms with Gasteiger partial charge in [-0.05, 0) is 77.5 Å². The van der Waals surface area contributed by atoms with Crippen LogP contribution in [0.25, 0.3) is 55.5 Å². The highest BCUT2D eigenvalue weighted by atomic mass is 16.3. The lowest BCUT2D eigenvalue weighted by atomic mass is 9.85. The van der Waals surface area contributed by atoms with Gasteiger partial charge in [0.25, 0.3) is 0 Å². The Labute approximate surface area is 232 Å². The summed E-state index contributed by atoms with van der Waals surface area (Å²) in [7, 11) is 4.27. The monoisotopic (exact) mass is 525 g/mol. The van der Waals surface area contributed by atoms with Gasteiger partial charge in [-0.3, -0.25) is 0 Å². The van der Waals surface area contributed by atoms with Crippen LogP contribution in [0.5, 0.6) is 0 Å². The second-order valence-corrected chi connectivity index (χ2v) is 12.9. The Morgan fingerprint density at radius 3 is 1.68 bits per heavy atom. The third kappa shape index (κ3) is 2.74. The van der Waals surface area contributed by atoms with Crippen molar-refractivity contribution in [3.05, 3.63) is 82.5 Å². The maximum atomic E-state index is 13.3. The fourth-order valence-corrected chi connectivity index (χ4v) is 8.99. The van der Waals surface area contributed by atoms with Crippen molar-refractivity contribution in [3.63, 3.8) is 0 Å². The first-order valence-corrected chi connectivity index (χ1v) is 14.7.